The third-order valence-corrected chi connectivity index (χ3v) is 7.13. The van der Waals surface area contributed by atoms with E-state index in [-0.39, 0.29) is 0 Å². The highest BCUT2D eigenvalue weighted by Gasteiger charge is 2.51. The Morgan fingerprint density at radius 3 is 2.95 bits per heavy atom. The lowest BCUT2D eigenvalue weighted by molar-refractivity contribution is -0.125. The van der Waals surface area contributed by atoms with Crippen LogP contribution in [0.5, 0.6) is 0 Å². The molecular weight excluding hydrogens is 244 g/mol. The van der Waals surface area contributed by atoms with E-state index in [9.17, 15) is 4.79 Å². The minimum absolute atomic E-state index is 0.325. The first kappa shape index (κ1) is 12.9. The van der Waals surface area contributed by atoms with Gasteiger partial charge < -0.3 is 0 Å². The van der Waals surface area contributed by atoms with Crippen molar-refractivity contribution in [2.75, 3.05) is 0 Å². The first-order chi connectivity index (χ1) is 9.59. The number of Topliss-reactive ketones (excluding diaryl/α,β-unsaturated/α-hetero) is 1. The van der Waals surface area contributed by atoms with Crippen LogP contribution in [0.2, 0.25) is 0 Å². The van der Waals surface area contributed by atoms with E-state index in [2.05, 4.69) is 26.0 Å². The molecule has 5 aliphatic rings. The van der Waals surface area contributed by atoms with Crippen molar-refractivity contribution in [1.82, 2.24) is 0 Å². The highest BCUT2D eigenvalue weighted by Crippen LogP contribution is 2.60. The van der Waals surface area contributed by atoms with Gasteiger partial charge in [0.2, 0.25) is 0 Å². The lowest BCUT2D eigenvalue weighted by Gasteiger charge is -2.55. The van der Waals surface area contributed by atoms with E-state index in [1.165, 1.54) is 25.7 Å². The van der Waals surface area contributed by atoms with Crippen LogP contribution in [0.3, 0.4) is 0 Å². The smallest absolute Gasteiger partial charge is 0.140 e. The summed E-state index contributed by atoms with van der Waals surface area (Å²) in [7, 11) is 0. The summed E-state index contributed by atoms with van der Waals surface area (Å²) in [5.74, 6) is 3.02. The van der Waals surface area contributed by atoms with Crippen LogP contribution in [-0.2, 0) is 4.79 Å². The van der Waals surface area contributed by atoms with Crippen LogP contribution >= 0.6 is 0 Å². The molecule has 4 bridgehead atoms. The molecule has 0 spiro atoms. The van der Waals surface area contributed by atoms with Crippen molar-refractivity contribution in [2.45, 2.75) is 58.8 Å². The molecule has 5 aliphatic carbocycles. The molecule has 2 saturated carbocycles. The molecule has 0 heterocycles. The van der Waals surface area contributed by atoms with Crippen molar-refractivity contribution in [2.24, 2.45) is 29.1 Å². The highest BCUT2D eigenvalue weighted by molar-refractivity contribution is 5.84. The van der Waals surface area contributed by atoms with Gasteiger partial charge in [0, 0.05) is 12.3 Å². The summed E-state index contributed by atoms with van der Waals surface area (Å²) in [5.41, 5.74) is 3.49. The van der Waals surface area contributed by atoms with E-state index in [4.69, 9.17) is 0 Å². The van der Waals surface area contributed by atoms with Gasteiger partial charge in [-0.1, -0.05) is 30.2 Å². The minimum Gasteiger partial charge on any atom is -0.299 e. The zero-order chi connectivity index (χ0) is 13.9. The van der Waals surface area contributed by atoms with Gasteiger partial charge in [0.05, 0.1) is 0 Å². The number of rotatable bonds is 0. The van der Waals surface area contributed by atoms with Gasteiger partial charge in [-0.15, -0.1) is 0 Å². The van der Waals surface area contributed by atoms with Crippen LogP contribution in [0.4, 0.5) is 0 Å². The van der Waals surface area contributed by atoms with Gasteiger partial charge in [0.1, 0.15) is 5.78 Å². The average Bonchev–Trinajstić information content (AvgIpc) is 2.44. The zero-order valence-electron chi connectivity index (χ0n) is 12.8. The third-order valence-electron chi connectivity index (χ3n) is 7.13. The molecule has 0 aliphatic heterocycles. The second kappa shape index (κ2) is 4.32. The van der Waals surface area contributed by atoms with Gasteiger partial charge in [-0.05, 0) is 68.6 Å². The Hall–Kier alpha value is -0.850. The van der Waals surface area contributed by atoms with E-state index < -0.39 is 0 Å². The normalized spacial score (nSPS) is 47.0. The lowest BCUT2D eigenvalue weighted by atomic mass is 9.49. The Morgan fingerprint density at radius 1 is 1.25 bits per heavy atom. The Labute approximate surface area is 122 Å². The topological polar surface area (TPSA) is 17.1 Å². The Bertz CT molecular complexity index is 512. The number of hydrogen-bond acceptors (Lipinski definition) is 1. The Balaban J connectivity index is 1.79. The summed E-state index contributed by atoms with van der Waals surface area (Å²) < 4.78 is 0. The molecule has 1 heteroatoms. The van der Waals surface area contributed by atoms with Gasteiger partial charge >= 0.3 is 0 Å². The van der Waals surface area contributed by atoms with Crippen LogP contribution in [0, 0.1) is 29.1 Å². The molecule has 0 saturated heterocycles. The maximum absolute atomic E-state index is 12.8. The molecule has 1 unspecified atom stereocenters. The number of carbonyl (C=O) groups is 1. The molecule has 0 aromatic heterocycles. The van der Waals surface area contributed by atoms with Gasteiger partial charge in [0.25, 0.3) is 0 Å². The summed E-state index contributed by atoms with van der Waals surface area (Å²) in [6.45, 7) is 4.78. The molecule has 0 aromatic rings. The van der Waals surface area contributed by atoms with E-state index in [0.29, 0.717) is 23.0 Å². The second-order valence-corrected chi connectivity index (χ2v) is 7.90. The standard InChI is InChI=1S/C19H26O/c1-12-13-7-8-19(2)15(9-13)10-14-5-3-4-6-16(14)18(20)11-17(12)19/h3,5,13-16H,4,6-11H2,1-2H3/t13-,14+,15+,16?,19-/m1/s1. The van der Waals surface area contributed by atoms with Gasteiger partial charge in [-0.2, -0.15) is 0 Å². The van der Waals surface area contributed by atoms with Crippen LogP contribution in [-0.4, -0.2) is 5.78 Å². The third kappa shape index (κ3) is 1.64. The predicted molar refractivity (Wildman–Crippen MR) is 81.2 cm³/mol. The Morgan fingerprint density at radius 2 is 2.10 bits per heavy atom. The molecule has 5 rings (SSSR count). The van der Waals surface area contributed by atoms with Crippen molar-refractivity contribution >= 4 is 5.78 Å². The van der Waals surface area contributed by atoms with Crippen molar-refractivity contribution in [1.29, 1.82) is 0 Å². The van der Waals surface area contributed by atoms with Gasteiger partial charge in [-0.25, -0.2) is 0 Å². The van der Waals surface area contributed by atoms with Crippen LogP contribution < -0.4 is 0 Å². The quantitative estimate of drug-likeness (QED) is 0.584. The lowest BCUT2D eigenvalue weighted by Crippen LogP contribution is -2.46. The average molecular weight is 270 g/mol. The molecule has 20 heavy (non-hydrogen) atoms. The number of fused-ring (bicyclic) bond motifs is 2. The van der Waals surface area contributed by atoms with E-state index >= 15 is 0 Å². The van der Waals surface area contributed by atoms with Crippen molar-refractivity contribution in [3.05, 3.63) is 23.3 Å². The molecule has 0 radical (unpaired) electrons. The SMILES string of the molecule is CC1=C2CC(=O)C3CCC=C[C@H]3C[C@@H]3C[C@H]1CC[C@@]23C. The van der Waals surface area contributed by atoms with Crippen LogP contribution in [0.15, 0.2) is 23.3 Å². The summed E-state index contributed by atoms with van der Waals surface area (Å²) in [6.07, 6.45) is 13.0. The number of allylic oxidation sites excluding steroid dienone is 4. The maximum atomic E-state index is 12.8. The maximum Gasteiger partial charge on any atom is 0.140 e. The number of ketones is 1. The largest absolute Gasteiger partial charge is 0.299 e. The van der Waals surface area contributed by atoms with Crippen LogP contribution in [0.1, 0.15) is 58.8 Å². The molecule has 2 fully saturated rings. The molecule has 0 N–H and O–H groups in total. The van der Waals surface area contributed by atoms with Crippen molar-refractivity contribution < 1.29 is 4.79 Å². The molecule has 5 atom stereocenters. The summed E-state index contributed by atoms with van der Waals surface area (Å²) >= 11 is 0. The molecule has 0 amide bonds. The van der Waals surface area contributed by atoms with Crippen LogP contribution in [0.25, 0.3) is 0 Å². The fraction of sp³-hybridized carbons (Fsp3) is 0.737. The van der Waals surface area contributed by atoms with Crippen molar-refractivity contribution in [3.63, 3.8) is 0 Å². The fourth-order valence-electron chi connectivity index (χ4n) is 5.76. The summed E-state index contributed by atoms with van der Waals surface area (Å²) in [5, 5.41) is 0. The van der Waals surface area contributed by atoms with E-state index in [0.717, 1.165) is 31.1 Å². The molecular formula is C19H26O. The highest BCUT2D eigenvalue weighted by atomic mass is 16.1. The minimum atomic E-state index is 0.325. The molecule has 0 aromatic carbocycles. The first-order valence-corrected chi connectivity index (χ1v) is 8.49. The van der Waals surface area contributed by atoms with Gasteiger partial charge in [0.15, 0.2) is 0 Å². The predicted octanol–water partition coefficient (Wildman–Crippen LogP) is 4.68. The van der Waals surface area contributed by atoms with Crippen molar-refractivity contribution in [3.8, 4) is 0 Å². The molecule has 108 valence electrons. The van der Waals surface area contributed by atoms with Gasteiger partial charge in [-0.3, -0.25) is 4.79 Å². The second-order valence-electron chi connectivity index (χ2n) is 7.90. The zero-order valence-corrected chi connectivity index (χ0v) is 12.8. The molecule has 1 nitrogen and oxygen atoms in total. The number of hydrogen-bond donors (Lipinski definition) is 0. The fourth-order valence-corrected chi connectivity index (χ4v) is 5.76. The van der Waals surface area contributed by atoms with E-state index in [1.54, 1.807) is 11.1 Å². The monoisotopic (exact) mass is 270 g/mol. The number of carbonyl (C=O) groups excluding carboxylic acids is 1. The summed E-state index contributed by atoms with van der Waals surface area (Å²) in [4.78, 5) is 12.8. The first-order valence-electron chi connectivity index (χ1n) is 8.49. The Kier molecular flexibility index (Phi) is 2.78. The van der Waals surface area contributed by atoms with E-state index in [1.807, 2.05) is 0 Å². The summed E-state index contributed by atoms with van der Waals surface area (Å²) in [6, 6.07) is 0.